The Morgan fingerprint density at radius 2 is 2.20 bits per heavy atom. The topological polar surface area (TPSA) is 77.2 Å². The summed E-state index contributed by atoms with van der Waals surface area (Å²) in [6.45, 7) is 6.65. The summed E-state index contributed by atoms with van der Waals surface area (Å²) in [6, 6.07) is 5.83. The number of ether oxygens (including phenoxy) is 1. The van der Waals surface area contributed by atoms with E-state index in [1.807, 2.05) is 39.0 Å². The number of halogens is 1. The predicted molar refractivity (Wildman–Crippen MR) is 96.5 cm³/mol. The van der Waals surface area contributed by atoms with Crippen LogP contribution in [0.15, 0.2) is 27.2 Å². The molecule has 1 aromatic carbocycles. The normalized spacial score (nSPS) is 16.9. The quantitative estimate of drug-likeness (QED) is 0.835. The molecule has 2 aromatic rings. The third-order valence-electron chi connectivity index (χ3n) is 4.07. The minimum atomic E-state index is -0.163. The molecule has 0 unspecified atom stereocenters. The monoisotopic (exact) mass is 407 g/mol. The number of nitrogens with zero attached hydrogens (tertiary/aromatic N) is 2. The fourth-order valence-electron chi connectivity index (χ4n) is 2.68. The zero-order valence-corrected chi connectivity index (χ0v) is 16.2. The number of carbonyl (C=O) groups excluding carboxylic acids is 1. The fraction of sp³-hybridized carbons (Fsp3) is 0.500. The van der Waals surface area contributed by atoms with Crippen molar-refractivity contribution >= 4 is 21.8 Å². The van der Waals surface area contributed by atoms with Crippen LogP contribution in [0.3, 0.4) is 0 Å². The molecule has 25 heavy (non-hydrogen) atoms. The second-order valence-corrected chi connectivity index (χ2v) is 8.03. The van der Waals surface area contributed by atoms with Crippen molar-refractivity contribution in [2.45, 2.75) is 51.5 Å². The Labute approximate surface area is 155 Å². The molecule has 0 radical (unpaired) electrons. The highest BCUT2D eigenvalue weighted by molar-refractivity contribution is 9.10. The largest absolute Gasteiger partial charge is 0.492 e. The molecule has 1 N–H and O–H groups in total. The molecule has 0 fully saturated rings. The number of amides is 1. The Morgan fingerprint density at radius 1 is 1.40 bits per heavy atom. The zero-order chi connectivity index (χ0) is 18.0. The molecule has 1 aliphatic rings. The lowest BCUT2D eigenvalue weighted by atomic mass is 9.96. The molecule has 1 amide bonds. The number of carbonyl (C=O) groups is 1. The van der Waals surface area contributed by atoms with E-state index < -0.39 is 0 Å². The SMILES string of the molecule is CC(C)(C)c1noc(CCC(=O)N[C@@H]2CCOc3c(Br)cccc32)n1. The summed E-state index contributed by atoms with van der Waals surface area (Å²) < 4.78 is 11.8. The minimum absolute atomic E-state index is 0.0339. The van der Waals surface area contributed by atoms with Gasteiger partial charge in [-0.3, -0.25) is 4.79 Å². The van der Waals surface area contributed by atoms with Crippen LogP contribution in [-0.4, -0.2) is 22.7 Å². The number of aromatic nitrogens is 2. The second kappa shape index (κ2) is 7.15. The van der Waals surface area contributed by atoms with E-state index in [1.54, 1.807) is 0 Å². The number of para-hydroxylation sites is 1. The first kappa shape index (κ1) is 17.9. The van der Waals surface area contributed by atoms with Crippen molar-refractivity contribution in [3.05, 3.63) is 40.0 Å². The summed E-state index contributed by atoms with van der Waals surface area (Å²) in [5.74, 6) is 1.93. The van der Waals surface area contributed by atoms with E-state index in [9.17, 15) is 4.79 Å². The number of hydrogen-bond acceptors (Lipinski definition) is 5. The summed E-state index contributed by atoms with van der Waals surface area (Å²) in [5.41, 5.74) is 0.838. The molecule has 1 atom stereocenters. The van der Waals surface area contributed by atoms with Gasteiger partial charge in [-0.05, 0) is 22.0 Å². The van der Waals surface area contributed by atoms with Gasteiger partial charge >= 0.3 is 0 Å². The van der Waals surface area contributed by atoms with Gasteiger partial charge < -0.3 is 14.6 Å². The van der Waals surface area contributed by atoms with Gasteiger partial charge in [-0.25, -0.2) is 0 Å². The van der Waals surface area contributed by atoms with Crippen molar-refractivity contribution in [2.75, 3.05) is 6.61 Å². The average Bonchev–Trinajstić information content (AvgIpc) is 3.03. The van der Waals surface area contributed by atoms with Crippen LogP contribution in [0.25, 0.3) is 0 Å². The Balaban J connectivity index is 1.59. The molecule has 1 aromatic heterocycles. The zero-order valence-electron chi connectivity index (χ0n) is 14.6. The summed E-state index contributed by atoms with van der Waals surface area (Å²) in [6.07, 6.45) is 1.50. The highest BCUT2D eigenvalue weighted by atomic mass is 79.9. The summed E-state index contributed by atoms with van der Waals surface area (Å²) in [7, 11) is 0. The molecule has 0 aliphatic carbocycles. The molecule has 0 spiro atoms. The first-order valence-corrected chi connectivity index (χ1v) is 9.17. The van der Waals surface area contributed by atoms with E-state index in [2.05, 4.69) is 31.4 Å². The van der Waals surface area contributed by atoms with Gasteiger partial charge in [-0.2, -0.15) is 4.98 Å². The van der Waals surface area contributed by atoms with Crippen LogP contribution in [0, 0.1) is 0 Å². The van der Waals surface area contributed by atoms with Crippen molar-refractivity contribution in [1.29, 1.82) is 0 Å². The van der Waals surface area contributed by atoms with Crippen LogP contribution in [0.2, 0.25) is 0 Å². The molecule has 0 saturated heterocycles. The summed E-state index contributed by atoms with van der Waals surface area (Å²) >= 11 is 3.49. The van der Waals surface area contributed by atoms with E-state index in [0.29, 0.717) is 31.2 Å². The molecule has 2 heterocycles. The lowest BCUT2D eigenvalue weighted by Gasteiger charge is -2.27. The maximum Gasteiger partial charge on any atom is 0.227 e. The molecule has 7 heteroatoms. The van der Waals surface area contributed by atoms with Crippen molar-refractivity contribution in [3.63, 3.8) is 0 Å². The molecule has 134 valence electrons. The lowest BCUT2D eigenvalue weighted by molar-refractivity contribution is -0.122. The predicted octanol–water partition coefficient (Wildman–Crippen LogP) is 3.70. The van der Waals surface area contributed by atoms with E-state index in [0.717, 1.165) is 22.2 Å². The Bertz CT molecular complexity index is 767. The molecule has 0 saturated carbocycles. The van der Waals surface area contributed by atoms with E-state index >= 15 is 0 Å². The van der Waals surface area contributed by atoms with Crippen molar-refractivity contribution in [2.24, 2.45) is 0 Å². The van der Waals surface area contributed by atoms with Crippen LogP contribution in [0.1, 0.15) is 56.9 Å². The Kier molecular flexibility index (Phi) is 5.13. The van der Waals surface area contributed by atoms with Crippen LogP contribution < -0.4 is 10.1 Å². The van der Waals surface area contributed by atoms with Crippen LogP contribution in [0.4, 0.5) is 0 Å². The van der Waals surface area contributed by atoms with Gasteiger partial charge in [-0.1, -0.05) is 38.1 Å². The van der Waals surface area contributed by atoms with Gasteiger partial charge in [-0.15, -0.1) is 0 Å². The number of nitrogens with one attached hydrogen (secondary N) is 1. The third-order valence-corrected chi connectivity index (χ3v) is 4.69. The lowest BCUT2D eigenvalue weighted by Crippen LogP contribution is -2.32. The van der Waals surface area contributed by atoms with Crippen molar-refractivity contribution in [3.8, 4) is 5.75 Å². The maximum absolute atomic E-state index is 12.3. The van der Waals surface area contributed by atoms with Crippen molar-refractivity contribution < 1.29 is 14.1 Å². The molecule has 6 nitrogen and oxygen atoms in total. The smallest absolute Gasteiger partial charge is 0.227 e. The number of aryl methyl sites for hydroxylation is 1. The third kappa shape index (κ3) is 4.21. The first-order valence-electron chi connectivity index (χ1n) is 8.38. The van der Waals surface area contributed by atoms with Gasteiger partial charge in [0, 0.05) is 30.2 Å². The average molecular weight is 408 g/mol. The molecule has 0 bridgehead atoms. The summed E-state index contributed by atoms with van der Waals surface area (Å²) in [5, 5.41) is 7.06. The molecular weight excluding hydrogens is 386 g/mol. The van der Waals surface area contributed by atoms with Crippen LogP contribution >= 0.6 is 15.9 Å². The number of benzene rings is 1. The van der Waals surface area contributed by atoms with E-state index in [-0.39, 0.29) is 17.4 Å². The fourth-order valence-corrected chi connectivity index (χ4v) is 3.18. The highest BCUT2D eigenvalue weighted by Crippen LogP contribution is 2.37. The minimum Gasteiger partial charge on any atom is -0.492 e. The maximum atomic E-state index is 12.3. The van der Waals surface area contributed by atoms with Crippen LogP contribution in [0.5, 0.6) is 5.75 Å². The van der Waals surface area contributed by atoms with Crippen molar-refractivity contribution in [1.82, 2.24) is 15.5 Å². The highest BCUT2D eigenvalue weighted by Gasteiger charge is 2.25. The van der Waals surface area contributed by atoms with Gasteiger partial charge in [0.1, 0.15) is 5.75 Å². The number of rotatable bonds is 4. The molecule has 1 aliphatic heterocycles. The molecular formula is C18H22BrN3O3. The van der Waals surface area contributed by atoms with E-state index in [1.165, 1.54) is 0 Å². The van der Waals surface area contributed by atoms with Crippen LogP contribution in [-0.2, 0) is 16.6 Å². The first-order chi connectivity index (χ1) is 11.8. The van der Waals surface area contributed by atoms with Gasteiger partial charge in [0.05, 0.1) is 17.1 Å². The Morgan fingerprint density at radius 3 is 2.92 bits per heavy atom. The summed E-state index contributed by atoms with van der Waals surface area (Å²) in [4.78, 5) is 16.7. The second-order valence-electron chi connectivity index (χ2n) is 7.18. The standard InChI is InChI=1S/C18H22BrN3O3/c1-18(2,3)17-21-15(25-22-17)8-7-14(23)20-13-9-10-24-16-11(13)5-4-6-12(16)19/h4-6,13H,7-10H2,1-3H3,(H,20,23)/t13-/m1/s1. The number of fused-ring (bicyclic) bond motifs is 1. The van der Waals surface area contributed by atoms with Gasteiger partial charge in [0.2, 0.25) is 11.8 Å². The van der Waals surface area contributed by atoms with Gasteiger partial charge in [0.15, 0.2) is 5.82 Å². The van der Waals surface area contributed by atoms with Gasteiger partial charge in [0.25, 0.3) is 0 Å². The molecule has 3 rings (SSSR count). The van der Waals surface area contributed by atoms with E-state index in [4.69, 9.17) is 9.26 Å². The number of hydrogen-bond donors (Lipinski definition) is 1. The Hall–Kier alpha value is -1.89.